The van der Waals surface area contributed by atoms with Crippen LogP contribution in [0, 0.1) is 10.1 Å². The lowest BCUT2D eigenvalue weighted by atomic mass is 10.2. The van der Waals surface area contributed by atoms with Crippen LogP contribution in [-0.2, 0) is 14.9 Å². The third kappa shape index (κ3) is 4.47. The zero-order chi connectivity index (χ0) is 21.2. The van der Waals surface area contributed by atoms with Gasteiger partial charge in [-0.3, -0.25) is 19.8 Å². The summed E-state index contributed by atoms with van der Waals surface area (Å²) >= 11 is 6.35. The standard InChI is InChI=1S/C18H14N2O6S3/c1-2-19-17(21)15(28-18(19)27)11-12-7-9-13(10-8-12)26-29(24,25)16-6-4-3-5-14(16)20(22)23/h3-11H,2H2,1H3/b15-11-. The highest BCUT2D eigenvalue weighted by atomic mass is 32.2. The topological polar surface area (TPSA) is 107 Å². The number of thioether (sulfide) groups is 1. The second-order valence-electron chi connectivity index (χ2n) is 5.76. The van der Waals surface area contributed by atoms with Gasteiger partial charge in [-0.2, -0.15) is 8.42 Å². The van der Waals surface area contributed by atoms with Crippen molar-refractivity contribution in [2.75, 3.05) is 6.54 Å². The summed E-state index contributed by atoms with van der Waals surface area (Å²) in [5.41, 5.74) is 0.0825. The van der Waals surface area contributed by atoms with Crippen LogP contribution in [0.4, 0.5) is 5.69 Å². The summed E-state index contributed by atoms with van der Waals surface area (Å²) in [5.74, 6) is -0.191. The number of nitro groups is 1. The molecule has 0 saturated carbocycles. The van der Waals surface area contributed by atoms with Gasteiger partial charge in [0.1, 0.15) is 10.1 Å². The van der Waals surface area contributed by atoms with E-state index in [0.717, 1.165) is 12.1 Å². The van der Waals surface area contributed by atoms with Crippen LogP contribution >= 0.6 is 24.0 Å². The Morgan fingerprint density at radius 3 is 2.45 bits per heavy atom. The fourth-order valence-electron chi connectivity index (χ4n) is 2.53. The van der Waals surface area contributed by atoms with Crippen molar-refractivity contribution in [2.24, 2.45) is 0 Å². The first-order chi connectivity index (χ1) is 13.7. The molecule has 11 heteroatoms. The monoisotopic (exact) mass is 450 g/mol. The highest BCUT2D eigenvalue weighted by molar-refractivity contribution is 8.26. The summed E-state index contributed by atoms with van der Waals surface area (Å²) in [6.07, 6.45) is 1.65. The van der Waals surface area contributed by atoms with Gasteiger partial charge in [0.2, 0.25) is 0 Å². The SMILES string of the molecule is CCN1C(=O)/C(=C/c2ccc(OS(=O)(=O)c3ccccc3[N+](=O)[O-])cc2)SC1=S. The van der Waals surface area contributed by atoms with Gasteiger partial charge < -0.3 is 4.18 Å². The molecule has 1 amide bonds. The van der Waals surface area contributed by atoms with Crippen molar-refractivity contribution in [3.05, 3.63) is 69.1 Å². The van der Waals surface area contributed by atoms with Gasteiger partial charge in [-0.25, -0.2) is 0 Å². The number of hydrogen-bond donors (Lipinski definition) is 0. The van der Waals surface area contributed by atoms with Gasteiger partial charge in [0.05, 0.1) is 9.83 Å². The molecule has 2 aromatic rings. The van der Waals surface area contributed by atoms with E-state index in [4.69, 9.17) is 16.4 Å². The van der Waals surface area contributed by atoms with Crippen LogP contribution in [0.3, 0.4) is 0 Å². The number of hydrogen-bond acceptors (Lipinski definition) is 8. The normalized spacial score (nSPS) is 15.8. The highest BCUT2D eigenvalue weighted by Gasteiger charge is 2.30. The largest absolute Gasteiger partial charge is 0.379 e. The smallest absolute Gasteiger partial charge is 0.346 e. The molecule has 0 spiro atoms. The molecule has 1 aliphatic heterocycles. The molecule has 1 saturated heterocycles. The van der Waals surface area contributed by atoms with E-state index in [1.54, 1.807) is 18.2 Å². The second kappa shape index (κ2) is 8.31. The van der Waals surface area contributed by atoms with E-state index in [1.165, 1.54) is 40.9 Å². The molecule has 0 N–H and O–H groups in total. The molecule has 1 fully saturated rings. The number of nitrogens with zero attached hydrogens (tertiary/aromatic N) is 2. The molecule has 0 radical (unpaired) electrons. The van der Waals surface area contributed by atoms with Crippen LogP contribution in [0.25, 0.3) is 6.08 Å². The molecular formula is C18H14N2O6S3. The number of rotatable bonds is 6. The quantitative estimate of drug-likeness (QED) is 0.216. The molecule has 3 rings (SSSR count). The average molecular weight is 451 g/mol. The lowest BCUT2D eigenvalue weighted by molar-refractivity contribution is -0.387. The number of carbonyl (C=O) groups excluding carboxylic acids is 1. The minimum atomic E-state index is -4.39. The van der Waals surface area contributed by atoms with Crippen molar-refractivity contribution in [3.8, 4) is 5.75 Å². The summed E-state index contributed by atoms with van der Waals surface area (Å²) in [6.45, 7) is 2.32. The maximum atomic E-state index is 12.4. The van der Waals surface area contributed by atoms with Gasteiger partial charge in [-0.1, -0.05) is 48.2 Å². The molecule has 150 valence electrons. The summed E-state index contributed by atoms with van der Waals surface area (Å²) < 4.78 is 30.4. The van der Waals surface area contributed by atoms with Crippen LogP contribution in [-0.4, -0.2) is 35.0 Å². The first-order valence-electron chi connectivity index (χ1n) is 8.26. The van der Waals surface area contributed by atoms with Crippen LogP contribution in [0.5, 0.6) is 5.75 Å². The molecule has 2 aromatic carbocycles. The minimum Gasteiger partial charge on any atom is -0.379 e. The number of carbonyl (C=O) groups is 1. The molecule has 0 bridgehead atoms. The zero-order valence-electron chi connectivity index (χ0n) is 15.0. The number of likely N-dealkylation sites (N-methyl/N-ethyl adjacent to an activating group) is 1. The summed E-state index contributed by atoms with van der Waals surface area (Å²) in [5, 5.41) is 11.1. The molecule has 0 atom stereocenters. The molecule has 0 unspecified atom stereocenters. The fraction of sp³-hybridized carbons (Fsp3) is 0.111. The van der Waals surface area contributed by atoms with Gasteiger partial charge >= 0.3 is 10.1 Å². The first kappa shape index (κ1) is 21.0. The Labute approximate surface area is 176 Å². The number of para-hydroxylation sites is 1. The van der Waals surface area contributed by atoms with Crippen molar-refractivity contribution >= 4 is 56.1 Å². The zero-order valence-corrected chi connectivity index (χ0v) is 17.4. The molecule has 0 aliphatic carbocycles. The van der Waals surface area contributed by atoms with Gasteiger partial charge in [0.25, 0.3) is 11.6 Å². The van der Waals surface area contributed by atoms with Crippen LogP contribution in [0.1, 0.15) is 12.5 Å². The lowest BCUT2D eigenvalue weighted by Gasteiger charge is -2.09. The molecule has 0 aromatic heterocycles. The number of nitro benzene ring substituents is 1. The van der Waals surface area contributed by atoms with Gasteiger partial charge in [-0.05, 0) is 36.8 Å². The van der Waals surface area contributed by atoms with Crippen molar-refractivity contribution in [1.29, 1.82) is 0 Å². The summed E-state index contributed by atoms with van der Waals surface area (Å²) in [4.78, 5) is 23.9. The van der Waals surface area contributed by atoms with Gasteiger partial charge in [-0.15, -0.1) is 0 Å². The van der Waals surface area contributed by atoms with E-state index >= 15 is 0 Å². The third-order valence-electron chi connectivity index (χ3n) is 3.90. The highest BCUT2D eigenvalue weighted by Crippen LogP contribution is 2.33. The number of thiocarbonyl (C=S) groups is 1. The van der Waals surface area contributed by atoms with Crippen molar-refractivity contribution in [3.63, 3.8) is 0 Å². The molecule has 8 nitrogen and oxygen atoms in total. The maximum Gasteiger partial charge on any atom is 0.346 e. The Kier molecular flexibility index (Phi) is 6.01. The Hall–Kier alpha value is -2.76. The Balaban J connectivity index is 1.81. The van der Waals surface area contributed by atoms with E-state index in [2.05, 4.69) is 0 Å². The average Bonchev–Trinajstić information content (AvgIpc) is 2.95. The van der Waals surface area contributed by atoms with E-state index < -0.39 is 25.6 Å². The molecular weight excluding hydrogens is 436 g/mol. The Morgan fingerprint density at radius 1 is 1.21 bits per heavy atom. The maximum absolute atomic E-state index is 12.4. The van der Waals surface area contributed by atoms with Crippen LogP contribution < -0.4 is 4.18 Å². The van der Waals surface area contributed by atoms with E-state index in [0.29, 0.717) is 21.3 Å². The molecule has 1 heterocycles. The van der Waals surface area contributed by atoms with Gasteiger partial charge in [0, 0.05) is 12.6 Å². The van der Waals surface area contributed by atoms with Gasteiger partial charge in [0.15, 0.2) is 4.90 Å². The predicted molar refractivity (Wildman–Crippen MR) is 113 cm³/mol. The van der Waals surface area contributed by atoms with E-state index in [-0.39, 0.29) is 11.7 Å². The van der Waals surface area contributed by atoms with Crippen molar-refractivity contribution in [1.82, 2.24) is 4.90 Å². The minimum absolute atomic E-state index is 0.0126. The summed E-state index contributed by atoms with van der Waals surface area (Å²) in [6, 6.07) is 10.9. The summed E-state index contributed by atoms with van der Waals surface area (Å²) in [7, 11) is -4.39. The number of amides is 1. The van der Waals surface area contributed by atoms with Crippen LogP contribution in [0.15, 0.2) is 58.3 Å². The molecule has 29 heavy (non-hydrogen) atoms. The third-order valence-corrected chi connectivity index (χ3v) is 6.58. The molecule has 1 aliphatic rings. The first-order valence-corrected chi connectivity index (χ1v) is 10.9. The Morgan fingerprint density at radius 2 is 1.86 bits per heavy atom. The fourth-order valence-corrected chi connectivity index (χ4v) is 5.02. The van der Waals surface area contributed by atoms with Crippen molar-refractivity contribution < 1.29 is 22.3 Å². The number of benzene rings is 2. The lowest BCUT2D eigenvalue weighted by Crippen LogP contribution is -2.27. The van der Waals surface area contributed by atoms with E-state index in [9.17, 15) is 23.3 Å². The van der Waals surface area contributed by atoms with Crippen LogP contribution in [0.2, 0.25) is 0 Å². The van der Waals surface area contributed by atoms with Crippen molar-refractivity contribution in [2.45, 2.75) is 11.8 Å². The predicted octanol–water partition coefficient (Wildman–Crippen LogP) is 3.58. The van der Waals surface area contributed by atoms with E-state index in [1.807, 2.05) is 6.92 Å². The Bertz CT molecular complexity index is 1130. The second-order valence-corrected chi connectivity index (χ2v) is 8.95.